The largest absolute Gasteiger partial charge is 0.423 e. The van der Waals surface area contributed by atoms with E-state index < -0.39 is 11.2 Å². The third-order valence-electron chi connectivity index (χ3n) is 4.19. The molecule has 2 amide bonds. The lowest BCUT2D eigenvalue weighted by atomic mass is 10.1. The van der Waals surface area contributed by atoms with Crippen LogP contribution in [0.1, 0.15) is 29.8 Å². The van der Waals surface area contributed by atoms with E-state index in [4.69, 9.17) is 4.74 Å². The van der Waals surface area contributed by atoms with Gasteiger partial charge in [0, 0.05) is 11.0 Å². The van der Waals surface area contributed by atoms with Crippen LogP contribution in [0.3, 0.4) is 0 Å². The van der Waals surface area contributed by atoms with Gasteiger partial charge >= 0.3 is 5.97 Å². The van der Waals surface area contributed by atoms with Gasteiger partial charge in [-0.05, 0) is 42.2 Å². The highest BCUT2D eigenvalue weighted by atomic mass is 79.9. The van der Waals surface area contributed by atoms with Crippen molar-refractivity contribution in [1.29, 1.82) is 0 Å². The first-order valence-electron chi connectivity index (χ1n) is 8.93. The fourth-order valence-electron chi connectivity index (χ4n) is 2.90. The number of hydrogen-bond acceptors (Lipinski definition) is 5. The highest BCUT2D eigenvalue weighted by Gasteiger charge is 2.39. The van der Waals surface area contributed by atoms with Crippen molar-refractivity contribution >= 4 is 44.8 Å². The van der Waals surface area contributed by atoms with Crippen molar-refractivity contribution in [2.75, 3.05) is 6.54 Å². The van der Waals surface area contributed by atoms with Crippen molar-refractivity contribution in [2.24, 2.45) is 5.92 Å². The molecule has 28 heavy (non-hydrogen) atoms. The molecule has 1 aliphatic heterocycles. The van der Waals surface area contributed by atoms with Gasteiger partial charge in [0.25, 0.3) is 5.24 Å². The van der Waals surface area contributed by atoms with E-state index in [0.29, 0.717) is 24.3 Å². The third-order valence-corrected chi connectivity index (χ3v) is 5.76. The number of rotatable bonds is 6. The maximum Gasteiger partial charge on any atom is 0.343 e. The summed E-state index contributed by atoms with van der Waals surface area (Å²) in [6.07, 6.45) is 0.325. The summed E-state index contributed by atoms with van der Waals surface area (Å²) < 4.78 is 6.36. The number of hydrogen-bond donors (Lipinski definition) is 0. The number of para-hydroxylation sites is 1. The quantitative estimate of drug-likeness (QED) is 0.450. The van der Waals surface area contributed by atoms with Crippen molar-refractivity contribution < 1.29 is 19.1 Å². The lowest BCUT2D eigenvalue weighted by molar-refractivity contribution is -0.127. The molecule has 3 rings (SSSR count). The zero-order valence-corrected chi connectivity index (χ0v) is 18.0. The van der Waals surface area contributed by atoms with Crippen LogP contribution >= 0.6 is 27.7 Å². The van der Waals surface area contributed by atoms with Gasteiger partial charge in [-0.2, -0.15) is 0 Å². The molecular weight excluding hydrogens is 442 g/mol. The number of imide groups is 1. The van der Waals surface area contributed by atoms with Crippen LogP contribution in [-0.2, 0) is 11.2 Å². The predicted octanol–water partition coefficient (Wildman–Crippen LogP) is 4.93. The van der Waals surface area contributed by atoms with Crippen molar-refractivity contribution in [2.45, 2.75) is 25.5 Å². The highest BCUT2D eigenvalue weighted by Crippen LogP contribution is 2.32. The van der Waals surface area contributed by atoms with Gasteiger partial charge in [0.05, 0.1) is 10.8 Å². The molecule has 0 N–H and O–H groups in total. The number of carbonyl (C=O) groups is 3. The Morgan fingerprint density at radius 1 is 1.18 bits per heavy atom. The molecule has 0 aromatic heterocycles. The number of carbonyl (C=O) groups excluding carboxylic acids is 3. The first kappa shape index (κ1) is 20.6. The van der Waals surface area contributed by atoms with Crippen LogP contribution in [-0.4, -0.2) is 33.8 Å². The fraction of sp³-hybridized carbons (Fsp3) is 0.286. The van der Waals surface area contributed by atoms with Crippen LogP contribution in [0.4, 0.5) is 4.79 Å². The average molecular weight is 462 g/mol. The SMILES string of the molecule is CC(C)CN1C(=O)SC(Cc2ccccc2OC(=O)c2cccc(Br)c2)C1=O. The minimum atomic E-state index is -0.503. The summed E-state index contributed by atoms with van der Waals surface area (Å²) in [4.78, 5) is 38.6. The van der Waals surface area contributed by atoms with Gasteiger partial charge < -0.3 is 4.74 Å². The maximum absolute atomic E-state index is 12.6. The zero-order valence-electron chi connectivity index (χ0n) is 15.6. The van der Waals surface area contributed by atoms with Gasteiger partial charge in [0.15, 0.2) is 0 Å². The monoisotopic (exact) mass is 461 g/mol. The number of esters is 1. The lowest BCUT2D eigenvalue weighted by Gasteiger charge is -2.16. The first-order chi connectivity index (χ1) is 13.3. The van der Waals surface area contributed by atoms with E-state index >= 15 is 0 Å². The smallest absolute Gasteiger partial charge is 0.343 e. The van der Waals surface area contributed by atoms with Crippen molar-refractivity contribution in [3.63, 3.8) is 0 Å². The van der Waals surface area contributed by atoms with E-state index in [2.05, 4.69) is 15.9 Å². The van der Waals surface area contributed by atoms with Crippen LogP contribution in [0.25, 0.3) is 0 Å². The number of amides is 2. The molecule has 0 aliphatic carbocycles. The molecule has 1 fully saturated rings. The molecule has 0 spiro atoms. The van der Waals surface area contributed by atoms with Crippen LogP contribution < -0.4 is 4.74 Å². The summed E-state index contributed by atoms with van der Waals surface area (Å²) in [5.41, 5.74) is 1.14. The summed E-state index contributed by atoms with van der Waals surface area (Å²) in [6, 6.07) is 14.0. The molecule has 0 saturated carbocycles. The van der Waals surface area contributed by atoms with Crippen LogP contribution in [0.2, 0.25) is 0 Å². The molecule has 1 saturated heterocycles. The normalized spacial score (nSPS) is 16.7. The lowest BCUT2D eigenvalue weighted by Crippen LogP contribution is -2.35. The standard InChI is InChI=1S/C21H20BrNO4S/c1-13(2)12-23-19(24)18(28-21(23)26)11-14-6-3-4-9-17(14)27-20(25)15-7-5-8-16(22)10-15/h3-10,13,18H,11-12H2,1-2H3. The fourth-order valence-corrected chi connectivity index (χ4v) is 4.33. The Hall–Kier alpha value is -2.12. The van der Waals surface area contributed by atoms with Gasteiger partial charge in [-0.3, -0.25) is 14.5 Å². The maximum atomic E-state index is 12.6. The van der Waals surface area contributed by atoms with E-state index in [1.165, 1.54) is 4.90 Å². The summed E-state index contributed by atoms with van der Waals surface area (Å²) in [5.74, 6) is -0.0465. The Kier molecular flexibility index (Phi) is 6.57. The summed E-state index contributed by atoms with van der Waals surface area (Å²) >= 11 is 4.37. The summed E-state index contributed by atoms with van der Waals surface area (Å²) in [6.45, 7) is 4.35. The number of ether oxygens (including phenoxy) is 1. The van der Waals surface area contributed by atoms with E-state index in [1.807, 2.05) is 32.0 Å². The highest BCUT2D eigenvalue weighted by molar-refractivity contribution is 9.10. The Bertz CT molecular complexity index is 915. The second-order valence-corrected chi connectivity index (χ2v) is 9.00. The topological polar surface area (TPSA) is 63.7 Å². The second-order valence-electron chi connectivity index (χ2n) is 6.93. The molecule has 146 valence electrons. The molecule has 1 unspecified atom stereocenters. The Labute approximate surface area is 176 Å². The van der Waals surface area contributed by atoms with Crippen molar-refractivity contribution in [1.82, 2.24) is 4.90 Å². The van der Waals surface area contributed by atoms with E-state index in [1.54, 1.807) is 30.3 Å². The molecule has 0 bridgehead atoms. The Balaban J connectivity index is 1.75. The molecule has 7 heteroatoms. The van der Waals surface area contributed by atoms with Crippen molar-refractivity contribution in [3.05, 3.63) is 64.1 Å². The zero-order chi connectivity index (χ0) is 20.3. The first-order valence-corrected chi connectivity index (χ1v) is 10.6. The van der Waals surface area contributed by atoms with Gasteiger partial charge in [-0.15, -0.1) is 0 Å². The molecule has 2 aromatic carbocycles. The minimum absolute atomic E-state index is 0.184. The average Bonchev–Trinajstić information content (AvgIpc) is 2.90. The van der Waals surface area contributed by atoms with E-state index in [0.717, 1.165) is 21.8 Å². The van der Waals surface area contributed by atoms with E-state index in [9.17, 15) is 14.4 Å². The molecule has 2 aromatic rings. The number of nitrogens with zero attached hydrogens (tertiary/aromatic N) is 1. The minimum Gasteiger partial charge on any atom is -0.423 e. The van der Waals surface area contributed by atoms with E-state index in [-0.39, 0.29) is 17.1 Å². The Morgan fingerprint density at radius 2 is 1.93 bits per heavy atom. The third kappa shape index (κ3) is 4.83. The number of benzene rings is 2. The summed E-state index contributed by atoms with van der Waals surface area (Å²) in [5, 5.41) is -0.718. The van der Waals surface area contributed by atoms with Crippen LogP contribution in [0.5, 0.6) is 5.75 Å². The van der Waals surface area contributed by atoms with Gasteiger partial charge in [0.2, 0.25) is 5.91 Å². The predicted molar refractivity (Wildman–Crippen MR) is 113 cm³/mol. The Morgan fingerprint density at radius 3 is 2.64 bits per heavy atom. The molecule has 5 nitrogen and oxygen atoms in total. The number of thioether (sulfide) groups is 1. The number of halogens is 1. The van der Waals surface area contributed by atoms with Crippen LogP contribution in [0, 0.1) is 5.92 Å². The molecule has 1 heterocycles. The molecule has 1 atom stereocenters. The van der Waals surface area contributed by atoms with Crippen LogP contribution in [0.15, 0.2) is 53.0 Å². The molecule has 0 radical (unpaired) electrons. The molecule has 1 aliphatic rings. The van der Waals surface area contributed by atoms with Crippen molar-refractivity contribution in [3.8, 4) is 5.75 Å². The molecular formula is C21H20BrNO4S. The van der Waals surface area contributed by atoms with Gasteiger partial charge in [-0.1, -0.05) is 65.8 Å². The van der Waals surface area contributed by atoms with Gasteiger partial charge in [0.1, 0.15) is 5.75 Å². The van der Waals surface area contributed by atoms with Gasteiger partial charge in [-0.25, -0.2) is 4.79 Å². The summed E-state index contributed by atoms with van der Waals surface area (Å²) in [7, 11) is 0. The second kappa shape index (κ2) is 8.92.